The molecule has 0 atom stereocenters. The lowest BCUT2D eigenvalue weighted by molar-refractivity contribution is 0.0536. The molecule has 0 bridgehead atoms. The highest BCUT2D eigenvalue weighted by molar-refractivity contribution is 5.96. The van der Waals surface area contributed by atoms with Gasteiger partial charge in [-0.25, -0.2) is 10.5 Å². The predicted molar refractivity (Wildman–Crippen MR) is 177 cm³/mol. The molecule has 1 amide bonds. The van der Waals surface area contributed by atoms with Crippen LogP contribution in [0.1, 0.15) is 52.7 Å². The molecule has 5 aromatic rings. The average molecular weight is 603 g/mol. The third-order valence-corrected chi connectivity index (χ3v) is 8.59. The van der Waals surface area contributed by atoms with Gasteiger partial charge in [0.05, 0.1) is 12.5 Å². The van der Waals surface area contributed by atoms with Crippen LogP contribution in [-0.2, 0) is 17.7 Å². The molecule has 0 radical (unpaired) electrons. The second-order valence-corrected chi connectivity index (χ2v) is 11.4. The summed E-state index contributed by atoms with van der Waals surface area (Å²) in [7, 11) is 1.32. The van der Waals surface area contributed by atoms with E-state index in [0.29, 0.717) is 17.5 Å². The maximum atomic E-state index is 13.3. The highest BCUT2D eigenvalue weighted by Gasteiger charge is 2.21. The molecule has 0 aliphatic carbocycles. The van der Waals surface area contributed by atoms with Crippen LogP contribution < -0.4 is 16.2 Å². The SMILES string of the molecule is CCc1ccc(-n2cc(C(=O)NOC)c(=O)c3cnc(Nc4ccc(C5CCN(CCc6ccccc6)CC5)cc4)nc32)cc1. The summed E-state index contributed by atoms with van der Waals surface area (Å²) in [5.74, 6) is 0.264. The first-order chi connectivity index (χ1) is 22.0. The molecule has 230 valence electrons. The number of aromatic nitrogens is 3. The number of benzene rings is 3. The second-order valence-electron chi connectivity index (χ2n) is 11.4. The Morgan fingerprint density at radius 2 is 1.69 bits per heavy atom. The van der Waals surface area contributed by atoms with E-state index in [0.717, 1.165) is 56.7 Å². The topological polar surface area (TPSA) is 101 Å². The molecule has 6 rings (SSSR count). The maximum absolute atomic E-state index is 13.3. The minimum absolute atomic E-state index is 0.0640. The third kappa shape index (κ3) is 6.95. The van der Waals surface area contributed by atoms with Crippen LogP contribution in [0, 0.1) is 0 Å². The lowest BCUT2D eigenvalue weighted by Crippen LogP contribution is -2.34. The van der Waals surface area contributed by atoms with Gasteiger partial charge >= 0.3 is 0 Å². The summed E-state index contributed by atoms with van der Waals surface area (Å²) in [6.45, 7) is 5.41. The van der Waals surface area contributed by atoms with Crippen molar-refractivity contribution < 1.29 is 9.63 Å². The van der Waals surface area contributed by atoms with Crippen molar-refractivity contribution in [3.63, 3.8) is 0 Å². The van der Waals surface area contributed by atoms with Gasteiger partial charge in [-0.3, -0.25) is 14.4 Å². The molecule has 0 saturated carbocycles. The van der Waals surface area contributed by atoms with E-state index in [1.54, 1.807) is 4.57 Å². The monoisotopic (exact) mass is 602 g/mol. The summed E-state index contributed by atoms with van der Waals surface area (Å²) >= 11 is 0. The Kier molecular flexibility index (Phi) is 9.28. The smallest absolute Gasteiger partial charge is 0.280 e. The minimum atomic E-state index is -0.636. The quantitative estimate of drug-likeness (QED) is 0.195. The molecule has 45 heavy (non-hydrogen) atoms. The van der Waals surface area contributed by atoms with E-state index in [2.05, 4.69) is 82.2 Å². The molecule has 9 nitrogen and oxygen atoms in total. The van der Waals surface area contributed by atoms with Crippen LogP contribution >= 0.6 is 0 Å². The molecule has 1 fully saturated rings. The molecular formula is C36H38N6O3. The number of nitrogens with zero attached hydrogens (tertiary/aromatic N) is 4. The van der Waals surface area contributed by atoms with Gasteiger partial charge in [-0.2, -0.15) is 4.98 Å². The number of rotatable bonds is 10. The number of anilines is 2. The molecule has 1 saturated heterocycles. The summed E-state index contributed by atoms with van der Waals surface area (Å²) < 4.78 is 1.74. The number of aryl methyl sites for hydroxylation is 1. The molecule has 1 aliphatic heterocycles. The van der Waals surface area contributed by atoms with Crippen LogP contribution in [0.5, 0.6) is 0 Å². The average Bonchev–Trinajstić information content (AvgIpc) is 3.09. The Morgan fingerprint density at radius 1 is 0.956 bits per heavy atom. The number of hydroxylamine groups is 1. The fraction of sp³-hybridized carbons (Fsp3) is 0.278. The number of carbonyl (C=O) groups is 1. The zero-order chi connectivity index (χ0) is 31.2. The number of fused-ring (bicyclic) bond motifs is 1. The van der Waals surface area contributed by atoms with E-state index in [1.165, 1.54) is 36.2 Å². The van der Waals surface area contributed by atoms with Crippen LogP contribution in [0.3, 0.4) is 0 Å². The summed E-state index contributed by atoms with van der Waals surface area (Å²) in [5.41, 5.74) is 7.64. The van der Waals surface area contributed by atoms with Crippen molar-refractivity contribution in [1.82, 2.24) is 24.9 Å². The molecule has 0 unspecified atom stereocenters. The van der Waals surface area contributed by atoms with E-state index in [9.17, 15) is 9.59 Å². The first-order valence-electron chi connectivity index (χ1n) is 15.5. The molecule has 3 aromatic carbocycles. The van der Waals surface area contributed by atoms with Gasteiger partial charge in [0, 0.05) is 30.3 Å². The zero-order valence-corrected chi connectivity index (χ0v) is 25.7. The number of pyridine rings is 1. The lowest BCUT2D eigenvalue weighted by atomic mass is 9.89. The first-order valence-corrected chi connectivity index (χ1v) is 15.5. The Hall–Kier alpha value is -4.86. The number of likely N-dealkylation sites (tertiary alicyclic amines) is 1. The summed E-state index contributed by atoms with van der Waals surface area (Å²) in [5, 5.41) is 3.53. The molecule has 9 heteroatoms. The van der Waals surface area contributed by atoms with Gasteiger partial charge < -0.3 is 14.8 Å². The highest BCUT2D eigenvalue weighted by atomic mass is 16.6. The van der Waals surface area contributed by atoms with Crippen molar-refractivity contribution in [3.05, 3.63) is 124 Å². The molecular weight excluding hydrogens is 564 g/mol. The van der Waals surface area contributed by atoms with Crippen LogP contribution in [0.2, 0.25) is 0 Å². The Balaban J connectivity index is 1.18. The van der Waals surface area contributed by atoms with Crippen molar-refractivity contribution in [1.29, 1.82) is 0 Å². The van der Waals surface area contributed by atoms with E-state index < -0.39 is 11.3 Å². The lowest BCUT2D eigenvalue weighted by Gasteiger charge is -2.32. The molecule has 3 heterocycles. The van der Waals surface area contributed by atoms with Crippen LogP contribution in [0.15, 0.2) is 96.1 Å². The fourth-order valence-corrected chi connectivity index (χ4v) is 5.96. The molecule has 0 spiro atoms. The predicted octanol–water partition coefficient (Wildman–Crippen LogP) is 5.80. The van der Waals surface area contributed by atoms with Gasteiger partial charge in [0.15, 0.2) is 5.65 Å². The largest absolute Gasteiger partial charge is 0.324 e. The number of amides is 1. The van der Waals surface area contributed by atoms with E-state index in [4.69, 9.17) is 9.82 Å². The van der Waals surface area contributed by atoms with Gasteiger partial charge in [0.2, 0.25) is 11.4 Å². The number of nitrogens with one attached hydrogen (secondary N) is 2. The Labute approximate surface area is 262 Å². The van der Waals surface area contributed by atoms with Crippen LogP contribution in [0.4, 0.5) is 11.6 Å². The third-order valence-electron chi connectivity index (χ3n) is 8.59. The van der Waals surface area contributed by atoms with Gasteiger partial charge in [-0.1, -0.05) is 61.5 Å². The van der Waals surface area contributed by atoms with Crippen LogP contribution in [0.25, 0.3) is 16.7 Å². The Morgan fingerprint density at radius 3 is 2.38 bits per heavy atom. The van der Waals surface area contributed by atoms with Crippen molar-refractivity contribution in [2.75, 3.05) is 32.1 Å². The Bertz CT molecular complexity index is 1810. The number of carbonyl (C=O) groups excluding carboxylic acids is 1. The number of hydrogen-bond donors (Lipinski definition) is 2. The van der Waals surface area contributed by atoms with Gasteiger partial charge in [-0.05, 0) is 85.6 Å². The summed E-state index contributed by atoms with van der Waals surface area (Å²) in [6, 6.07) is 27.1. The first kappa shape index (κ1) is 30.2. The van der Waals surface area contributed by atoms with E-state index in [1.807, 2.05) is 24.3 Å². The van der Waals surface area contributed by atoms with Crippen molar-refractivity contribution in [2.45, 2.75) is 38.5 Å². The minimum Gasteiger partial charge on any atom is -0.324 e. The summed E-state index contributed by atoms with van der Waals surface area (Å²) in [6.07, 6.45) is 7.25. The van der Waals surface area contributed by atoms with Crippen molar-refractivity contribution in [3.8, 4) is 5.69 Å². The standard InChI is InChI=1S/C36H38N6O3/c1-3-25-9-15-30(16-10-25)42-24-32(35(44)40-45-2)33(43)31-23-37-36(39-34(31)42)38-29-13-11-27(12-14-29)28-18-21-41(22-19-28)20-17-26-7-5-4-6-8-26/h4-16,23-24,28H,3,17-22H2,1-2H3,(H,40,44)(H,37,38,39). The van der Waals surface area contributed by atoms with Gasteiger partial charge in [0.25, 0.3) is 5.91 Å². The molecule has 1 aliphatic rings. The number of hydrogen-bond acceptors (Lipinski definition) is 7. The van der Waals surface area contributed by atoms with Gasteiger partial charge in [0.1, 0.15) is 5.56 Å². The molecule has 2 N–H and O–H groups in total. The van der Waals surface area contributed by atoms with Crippen molar-refractivity contribution in [2.24, 2.45) is 0 Å². The van der Waals surface area contributed by atoms with E-state index in [-0.39, 0.29) is 10.9 Å². The van der Waals surface area contributed by atoms with Gasteiger partial charge in [-0.15, -0.1) is 0 Å². The zero-order valence-electron chi connectivity index (χ0n) is 25.7. The fourth-order valence-electron chi connectivity index (χ4n) is 5.96. The maximum Gasteiger partial charge on any atom is 0.280 e. The van der Waals surface area contributed by atoms with Crippen molar-refractivity contribution >= 4 is 28.6 Å². The molecule has 2 aromatic heterocycles. The van der Waals surface area contributed by atoms with E-state index >= 15 is 0 Å². The second kappa shape index (κ2) is 13.8. The highest BCUT2D eigenvalue weighted by Crippen LogP contribution is 2.29. The summed E-state index contributed by atoms with van der Waals surface area (Å²) in [4.78, 5) is 42.4. The normalized spacial score (nSPS) is 14.0. The van der Waals surface area contributed by atoms with Crippen LogP contribution in [-0.4, -0.2) is 52.1 Å². The number of piperidine rings is 1.